The van der Waals surface area contributed by atoms with E-state index in [1.165, 1.54) is 12.1 Å². The Kier molecular flexibility index (Phi) is 6.64. The first kappa shape index (κ1) is 14.9. The van der Waals surface area contributed by atoms with Crippen LogP contribution in [0.25, 0.3) is 0 Å². The summed E-state index contributed by atoms with van der Waals surface area (Å²) in [6, 6.07) is 4.03. The van der Waals surface area contributed by atoms with Crippen molar-refractivity contribution in [1.29, 1.82) is 0 Å². The van der Waals surface area contributed by atoms with Gasteiger partial charge in [0.1, 0.15) is 11.6 Å². The molecule has 0 radical (unpaired) electrons. The van der Waals surface area contributed by atoms with Gasteiger partial charge in [-0.15, -0.1) is 0 Å². The lowest BCUT2D eigenvalue weighted by Gasteiger charge is -2.15. The fraction of sp³-hybridized carbons (Fsp3) is 0.538. The van der Waals surface area contributed by atoms with Crippen LogP contribution in [0.2, 0.25) is 0 Å². The van der Waals surface area contributed by atoms with Crippen molar-refractivity contribution in [2.45, 2.75) is 12.5 Å². The fourth-order valence-corrected chi connectivity index (χ4v) is 1.61. The molecule has 0 aromatic heterocycles. The summed E-state index contributed by atoms with van der Waals surface area (Å²) < 4.78 is 28.5. The Morgan fingerprint density at radius 2 is 2.00 bits per heavy atom. The van der Waals surface area contributed by atoms with Gasteiger partial charge in [-0.3, -0.25) is 0 Å². The minimum atomic E-state index is -0.318. The smallest absolute Gasteiger partial charge is 0.123 e. The van der Waals surface area contributed by atoms with Gasteiger partial charge in [0.15, 0.2) is 0 Å². The van der Waals surface area contributed by atoms with Gasteiger partial charge < -0.3 is 19.9 Å². The first-order valence-electron chi connectivity index (χ1n) is 5.84. The topological polar surface area (TPSA) is 53.7 Å². The summed E-state index contributed by atoms with van der Waals surface area (Å²) in [6.45, 7) is 1.59. The van der Waals surface area contributed by atoms with Crippen LogP contribution in [-0.2, 0) is 9.47 Å². The predicted octanol–water partition coefficient (Wildman–Crippen LogP) is 1.89. The van der Waals surface area contributed by atoms with Crippen molar-refractivity contribution in [2.24, 2.45) is 5.73 Å². The van der Waals surface area contributed by atoms with E-state index in [2.05, 4.69) is 0 Å². The van der Waals surface area contributed by atoms with Crippen molar-refractivity contribution in [2.75, 3.05) is 34.0 Å². The van der Waals surface area contributed by atoms with Gasteiger partial charge in [0.25, 0.3) is 0 Å². The van der Waals surface area contributed by atoms with E-state index in [1.54, 1.807) is 20.3 Å². The number of hydrogen-bond acceptors (Lipinski definition) is 4. The SMILES string of the molecule is COCCOCCC(N)c1cc(F)ccc1OC. The molecule has 2 N–H and O–H groups in total. The molecule has 0 spiro atoms. The summed E-state index contributed by atoms with van der Waals surface area (Å²) in [4.78, 5) is 0. The quantitative estimate of drug-likeness (QED) is 0.722. The monoisotopic (exact) mass is 257 g/mol. The van der Waals surface area contributed by atoms with Gasteiger partial charge in [-0.25, -0.2) is 4.39 Å². The Morgan fingerprint density at radius 1 is 1.22 bits per heavy atom. The molecule has 1 aromatic rings. The van der Waals surface area contributed by atoms with Crippen molar-refractivity contribution in [3.05, 3.63) is 29.6 Å². The molecule has 4 nitrogen and oxygen atoms in total. The van der Waals surface area contributed by atoms with E-state index in [4.69, 9.17) is 19.9 Å². The average molecular weight is 257 g/mol. The molecule has 102 valence electrons. The van der Waals surface area contributed by atoms with Gasteiger partial charge in [0.05, 0.1) is 20.3 Å². The molecule has 1 rings (SSSR count). The van der Waals surface area contributed by atoms with Crippen molar-refractivity contribution in [3.8, 4) is 5.75 Å². The second-order valence-electron chi connectivity index (χ2n) is 3.89. The summed E-state index contributed by atoms with van der Waals surface area (Å²) in [6.07, 6.45) is 0.601. The van der Waals surface area contributed by atoms with Gasteiger partial charge in [0.2, 0.25) is 0 Å². The Morgan fingerprint density at radius 3 is 2.67 bits per heavy atom. The zero-order chi connectivity index (χ0) is 13.4. The largest absolute Gasteiger partial charge is 0.496 e. The maximum absolute atomic E-state index is 13.2. The summed E-state index contributed by atoms with van der Waals surface area (Å²) in [7, 11) is 3.16. The Hall–Kier alpha value is -1.17. The molecule has 0 aliphatic carbocycles. The Labute approximate surface area is 107 Å². The van der Waals surface area contributed by atoms with Gasteiger partial charge in [-0.05, 0) is 24.6 Å². The van der Waals surface area contributed by atoms with E-state index in [-0.39, 0.29) is 11.9 Å². The number of halogens is 1. The highest BCUT2D eigenvalue weighted by Crippen LogP contribution is 2.26. The Bertz CT molecular complexity index is 360. The van der Waals surface area contributed by atoms with Crippen LogP contribution in [0.4, 0.5) is 4.39 Å². The number of ether oxygens (including phenoxy) is 3. The highest BCUT2D eigenvalue weighted by molar-refractivity contribution is 5.36. The fourth-order valence-electron chi connectivity index (χ4n) is 1.61. The van der Waals surface area contributed by atoms with Crippen LogP contribution in [0.15, 0.2) is 18.2 Å². The Balaban J connectivity index is 2.49. The molecule has 0 saturated carbocycles. The second kappa shape index (κ2) is 8.02. The summed E-state index contributed by atoms with van der Waals surface area (Å²) in [5.74, 6) is 0.280. The van der Waals surface area contributed by atoms with Crippen molar-refractivity contribution < 1.29 is 18.6 Å². The highest BCUT2D eigenvalue weighted by atomic mass is 19.1. The maximum atomic E-state index is 13.2. The van der Waals surface area contributed by atoms with Crippen LogP contribution < -0.4 is 10.5 Å². The van der Waals surface area contributed by atoms with Gasteiger partial charge >= 0.3 is 0 Å². The van der Waals surface area contributed by atoms with Gasteiger partial charge in [-0.2, -0.15) is 0 Å². The summed E-state index contributed by atoms with van der Waals surface area (Å²) in [5, 5.41) is 0. The minimum Gasteiger partial charge on any atom is -0.496 e. The average Bonchev–Trinajstić information content (AvgIpc) is 2.38. The molecule has 0 fully saturated rings. The number of hydrogen-bond donors (Lipinski definition) is 1. The van der Waals surface area contributed by atoms with Gasteiger partial charge in [-0.1, -0.05) is 0 Å². The molecule has 0 saturated heterocycles. The molecule has 1 aromatic carbocycles. The molecule has 0 heterocycles. The molecule has 0 bridgehead atoms. The first-order valence-corrected chi connectivity index (χ1v) is 5.84. The van der Waals surface area contributed by atoms with Crippen molar-refractivity contribution >= 4 is 0 Å². The van der Waals surface area contributed by atoms with Crippen LogP contribution in [0.1, 0.15) is 18.0 Å². The van der Waals surface area contributed by atoms with Crippen molar-refractivity contribution in [3.63, 3.8) is 0 Å². The number of benzene rings is 1. The third-order valence-corrected chi connectivity index (χ3v) is 2.60. The molecule has 5 heteroatoms. The third-order valence-electron chi connectivity index (χ3n) is 2.60. The van der Waals surface area contributed by atoms with Crippen LogP contribution in [-0.4, -0.2) is 34.0 Å². The highest BCUT2D eigenvalue weighted by Gasteiger charge is 2.12. The summed E-state index contributed by atoms with van der Waals surface area (Å²) in [5.41, 5.74) is 6.66. The molecular formula is C13H20FNO3. The zero-order valence-electron chi connectivity index (χ0n) is 10.8. The molecule has 18 heavy (non-hydrogen) atoms. The standard InChI is InChI=1S/C13H20FNO3/c1-16-7-8-18-6-5-12(15)11-9-10(14)3-4-13(11)17-2/h3-4,9,12H,5-8,15H2,1-2H3. The van der Waals surface area contributed by atoms with E-state index >= 15 is 0 Å². The predicted molar refractivity (Wildman–Crippen MR) is 67.2 cm³/mol. The molecule has 0 amide bonds. The zero-order valence-corrected chi connectivity index (χ0v) is 10.8. The molecule has 1 unspecified atom stereocenters. The van der Waals surface area contributed by atoms with Gasteiger partial charge in [0, 0.05) is 25.3 Å². The third kappa shape index (κ3) is 4.60. The lowest BCUT2D eigenvalue weighted by molar-refractivity contribution is 0.0671. The van der Waals surface area contributed by atoms with Crippen LogP contribution >= 0.6 is 0 Å². The molecule has 1 atom stereocenters. The normalized spacial score (nSPS) is 12.4. The molecular weight excluding hydrogens is 237 g/mol. The molecule has 0 aliphatic rings. The van der Waals surface area contributed by atoms with Crippen LogP contribution in [0.5, 0.6) is 5.75 Å². The molecule has 0 aliphatic heterocycles. The maximum Gasteiger partial charge on any atom is 0.123 e. The van der Waals surface area contributed by atoms with E-state index in [0.717, 1.165) is 0 Å². The van der Waals surface area contributed by atoms with E-state index in [1.807, 2.05) is 0 Å². The lowest BCUT2D eigenvalue weighted by Crippen LogP contribution is -2.15. The van der Waals surface area contributed by atoms with Crippen LogP contribution in [0.3, 0.4) is 0 Å². The first-order chi connectivity index (χ1) is 8.69. The minimum absolute atomic E-state index is 0.307. The number of rotatable bonds is 8. The number of methoxy groups -OCH3 is 2. The lowest BCUT2D eigenvalue weighted by atomic mass is 10.0. The second-order valence-corrected chi connectivity index (χ2v) is 3.89. The van der Waals surface area contributed by atoms with Crippen LogP contribution in [0, 0.1) is 5.82 Å². The van der Waals surface area contributed by atoms with E-state index < -0.39 is 0 Å². The van der Waals surface area contributed by atoms with E-state index in [0.29, 0.717) is 37.6 Å². The van der Waals surface area contributed by atoms with E-state index in [9.17, 15) is 4.39 Å². The summed E-state index contributed by atoms with van der Waals surface area (Å²) >= 11 is 0. The van der Waals surface area contributed by atoms with Crippen molar-refractivity contribution in [1.82, 2.24) is 0 Å². The number of nitrogens with two attached hydrogens (primary N) is 1.